The highest BCUT2D eigenvalue weighted by Gasteiger charge is 2.37. The van der Waals surface area contributed by atoms with Crippen LogP contribution in [-0.4, -0.2) is 54.0 Å². The van der Waals surface area contributed by atoms with Crippen molar-refractivity contribution in [1.29, 1.82) is 0 Å². The molecule has 1 amide bonds. The van der Waals surface area contributed by atoms with Gasteiger partial charge in [-0.15, -0.1) is 11.8 Å². The van der Waals surface area contributed by atoms with Crippen LogP contribution in [0.1, 0.15) is 25.8 Å². The lowest BCUT2D eigenvalue weighted by Crippen LogP contribution is -2.45. The summed E-state index contributed by atoms with van der Waals surface area (Å²) in [5.41, 5.74) is 0.785. The third-order valence-electron chi connectivity index (χ3n) is 5.13. The molecule has 1 heterocycles. The first-order valence-electron chi connectivity index (χ1n) is 10.1. The molecule has 0 saturated carbocycles. The highest BCUT2D eigenvalue weighted by Crippen LogP contribution is 2.35. The van der Waals surface area contributed by atoms with Crippen molar-refractivity contribution in [2.45, 2.75) is 49.0 Å². The maximum Gasteiger partial charge on any atom is 0.237 e. The molecule has 2 aromatic carbocycles. The molecule has 1 aliphatic rings. The van der Waals surface area contributed by atoms with Gasteiger partial charge in [0.25, 0.3) is 0 Å². The second kappa shape index (κ2) is 10.1. The van der Waals surface area contributed by atoms with Gasteiger partial charge in [0, 0.05) is 40.9 Å². The van der Waals surface area contributed by atoms with Gasteiger partial charge >= 0.3 is 0 Å². The van der Waals surface area contributed by atoms with Gasteiger partial charge in [-0.2, -0.15) is 0 Å². The van der Waals surface area contributed by atoms with Crippen molar-refractivity contribution < 1.29 is 19.4 Å². The smallest absolute Gasteiger partial charge is 0.237 e. The third kappa shape index (κ3) is 5.61. The lowest BCUT2D eigenvalue weighted by Gasteiger charge is -2.25. The number of phenols is 1. The monoisotopic (exact) mass is 430 g/mol. The number of amides is 1. The second-order valence-corrected chi connectivity index (χ2v) is 9.13. The number of methoxy groups -OCH3 is 2. The van der Waals surface area contributed by atoms with E-state index in [1.165, 1.54) is 0 Å². The van der Waals surface area contributed by atoms with Gasteiger partial charge in [-0.05, 0) is 50.6 Å². The van der Waals surface area contributed by atoms with Crippen molar-refractivity contribution in [1.82, 2.24) is 10.2 Å². The quantitative estimate of drug-likeness (QED) is 0.666. The Morgan fingerprint density at radius 1 is 1.17 bits per heavy atom. The summed E-state index contributed by atoms with van der Waals surface area (Å²) in [6.45, 7) is 5.20. The highest BCUT2D eigenvalue weighted by molar-refractivity contribution is 8.00. The number of thioether (sulfide) groups is 1. The summed E-state index contributed by atoms with van der Waals surface area (Å²) < 4.78 is 10.4. The molecule has 2 atom stereocenters. The van der Waals surface area contributed by atoms with Crippen LogP contribution >= 0.6 is 11.8 Å². The lowest BCUT2D eigenvalue weighted by atomic mass is 10.1. The maximum absolute atomic E-state index is 12.9. The average Bonchev–Trinajstić information content (AvgIpc) is 3.12. The minimum absolute atomic E-state index is 0.0378. The Hall–Kier alpha value is -2.38. The minimum Gasteiger partial charge on any atom is -0.507 e. The first-order chi connectivity index (χ1) is 14.4. The summed E-state index contributed by atoms with van der Waals surface area (Å²) in [5.74, 6) is 1.66. The molecule has 162 valence electrons. The number of aromatic hydroxyl groups is 1. The van der Waals surface area contributed by atoms with Gasteiger partial charge in [0.2, 0.25) is 5.91 Å². The number of hydrogen-bond acceptors (Lipinski definition) is 6. The molecule has 7 heteroatoms. The fourth-order valence-corrected chi connectivity index (χ4v) is 4.87. The normalized spacial score (nSPS) is 19.1. The number of phenolic OH excluding ortho intramolecular Hbond substituents is 1. The number of benzene rings is 2. The van der Waals surface area contributed by atoms with Crippen molar-refractivity contribution in [2.24, 2.45) is 0 Å². The molecule has 1 saturated heterocycles. The minimum atomic E-state index is -0.232. The van der Waals surface area contributed by atoms with Crippen LogP contribution in [-0.2, 0) is 11.3 Å². The predicted octanol–water partition coefficient (Wildman–Crippen LogP) is 3.67. The zero-order valence-corrected chi connectivity index (χ0v) is 18.7. The van der Waals surface area contributed by atoms with Crippen LogP contribution in [0.2, 0.25) is 0 Å². The van der Waals surface area contributed by atoms with Crippen LogP contribution in [0.4, 0.5) is 0 Å². The van der Waals surface area contributed by atoms with Gasteiger partial charge in [0.15, 0.2) is 0 Å². The number of nitrogens with zero attached hydrogens (tertiary/aromatic N) is 1. The molecule has 1 aliphatic heterocycles. The molecule has 0 spiro atoms. The molecule has 2 aromatic rings. The van der Waals surface area contributed by atoms with Crippen LogP contribution in [0.5, 0.6) is 17.2 Å². The number of nitrogens with one attached hydrogen (secondary N) is 1. The van der Waals surface area contributed by atoms with Gasteiger partial charge in [0.05, 0.1) is 20.3 Å². The van der Waals surface area contributed by atoms with E-state index in [1.807, 2.05) is 50.2 Å². The molecule has 0 unspecified atom stereocenters. The number of hydrogen-bond donors (Lipinski definition) is 2. The van der Waals surface area contributed by atoms with Gasteiger partial charge in [-0.1, -0.05) is 6.07 Å². The molecule has 2 N–H and O–H groups in total. The average molecular weight is 431 g/mol. The molecule has 30 heavy (non-hydrogen) atoms. The van der Waals surface area contributed by atoms with Gasteiger partial charge in [-0.25, -0.2) is 0 Å². The number of likely N-dealkylation sites (tertiary alicyclic amines) is 1. The molecule has 0 aromatic heterocycles. The number of carbonyl (C=O) groups excluding carboxylic acids is 1. The summed E-state index contributed by atoms with van der Waals surface area (Å²) in [4.78, 5) is 16.2. The Kier molecular flexibility index (Phi) is 7.50. The summed E-state index contributed by atoms with van der Waals surface area (Å²) in [6, 6.07) is 13.1. The van der Waals surface area contributed by atoms with Crippen LogP contribution < -0.4 is 14.8 Å². The van der Waals surface area contributed by atoms with E-state index < -0.39 is 0 Å². The zero-order chi connectivity index (χ0) is 21.7. The van der Waals surface area contributed by atoms with Gasteiger partial charge in [0.1, 0.15) is 17.2 Å². The largest absolute Gasteiger partial charge is 0.507 e. The predicted molar refractivity (Wildman–Crippen MR) is 119 cm³/mol. The van der Waals surface area contributed by atoms with E-state index in [2.05, 4.69) is 10.2 Å². The molecule has 0 aliphatic carbocycles. The van der Waals surface area contributed by atoms with E-state index in [1.54, 1.807) is 32.0 Å². The van der Waals surface area contributed by atoms with E-state index in [-0.39, 0.29) is 29.0 Å². The van der Waals surface area contributed by atoms with Gasteiger partial charge in [-0.3, -0.25) is 9.69 Å². The van der Waals surface area contributed by atoms with E-state index in [0.717, 1.165) is 29.2 Å². The Morgan fingerprint density at radius 2 is 1.83 bits per heavy atom. The fraction of sp³-hybridized carbons (Fsp3) is 0.435. The summed E-state index contributed by atoms with van der Waals surface area (Å²) in [5, 5.41) is 13.7. The third-order valence-corrected chi connectivity index (χ3v) is 6.35. The van der Waals surface area contributed by atoms with Crippen LogP contribution in [0.15, 0.2) is 47.4 Å². The van der Waals surface area contributed by atoms with E-state index >= 15 is 0 Å². The standard InChI is InChI=1S/C23H30N2O4S/c1-15(2)24-23(27)21-12-20(30-19-9-7-17(28-3)8-10-19)14-25(21)13-16-5-6-18(29-4)11-22(16)26/h5-11,15,20-21,26H,12-14H2,1-4H3,(H,24,27)/t20-,21+/m1/s1. The highest BCUT2D eigenvalue weighted by atomic mass is 32.2. The summed E-state index contributed by atoms with van der Waals surface area (Å²) in [6.07, 6.45) is 0.756. The second-order valence-electron chi connectivity index (χ2n) is 7.75. The molecule has 0 bridgehead atoms. The summed E-state index contributed by atoms with van der Waals surface area (Å²) in [7, 11) is 3.23. The Balaban J connectivity index is 1.74. The molecule has 6 nitrogen and oxygen atoms in total. The van der Waals surface area contributed by atoms with E-state index in [9.17, 15) is 9.90 Å². The Morgan fingerprint density at radius 3 is 2.43 bits per heavy atom. The first-order valence-corrected chi connectivity index (χ1v) is 11.0. The zero-order valence-electron chi connectivity index (χ0n) is 17.9. The van der Waals surface area contributed by atoms with Crippen molar-refractivity contribution in [3.8, 4) is 17.2 Å². The topological polar surface area (TPSA) is 71.0 Å². The number of rotatable bonds is 8. The SMILES string of the molecule is COc1ccc(S[C@@H]2C[C@@H](C(=O)NC(C)C)N(Cc3ccc(OC)cc3O)C2)cc1. The first kappa shape index (κ1) is 22.3. The molecular formula is C23H30N2O4S. The van der Waals surface area contributed by atoms with Gasteiger partial charge < -0.3 is 19.9 Å². The fourth-order valence-electron chi connectivity index (χ4n) is 3.64. The van der Waals surface area contributed by atoms with Crippen LogP contribution in [0.3, 0.4) is 0 Å². The van der Waals surface area contributed by atoms with Crippen molar-refractivity contribution >= 4 is 17.7 Å². The van der Waals surface area contributed by atoms with Crippen molar-refractivity contribution in [3.63, 3.8) is 0 Å². The number of ether oxygens (including phenoxy) is 2. The molecule has 3 rings (SSSR count). The maximum atomic E-state index is 12.9. The Bertz CT molecular complexity index is 857. The van der Waals surface area contributed by atoms with E-state index in [0.29, 0.717) is 12.3 Å². The summed E-state index contributed by atoms with van der Waals surface area (Å²) >= 11 is 1.78. The van der Waals surface area contributed by atoms with Crippen LogP contribution in [0.25, 0.3) is 0 Å². The molecular weight excluding hydrogens is 400 g/mol. The van der Waals surface area contributed by atoms with E-state index in [4.69, 9.17) is 9.47 Å². The van der Waals surface area contributed by atoms with Crippen molar-refractivity contribution in [3.05, 3.63) is 48.0 Å². The molecule has 1 fully saturated rings. The van der Waals surface area contributed by atoms with Crippen LogP contribution in [0, 0.1) is 0 Å². The lowest BCUT2D eigenvalue weighted by molar-refractivity contribution is -0.126. The number of carbonyl (C=O) groups is 1. The van der Waals surface area contributed by atoms with Crippen molar-refractivity contribution in [2.75, 3.05) is 20.8 Å². The molecule has 0 radical (unpaired) electrons. The Labute approximate surface area is 182 Å².